The fraction of sp³-hybridized carbons (Fsp3) is 0.312. The van der Waals surface area contributed by atoms with Crippen LogP contribution in [0.25, 0.3) is 0 Å². The van der Waals surface area contributed by atoms with Gasteiger partial charge in [-0.3, -0.25) is 4.98 Å². The van der Waals surface area contributed by atoms with E-state index in [1.807, 2.05) is 0 Å². The van der Waals surface area contributed by atoms with E-state index in [0.717, 1.165) is 12.7 Å². The molecule has 1 aromatic heterocycles. The minimum absolute atomic E-state index is 0.109. The van der Waals surface area contributed by atoms with Gasteiger partial charge in [0.25, 0.3) is 0 Å². The first kappa shape index (κ1) is 15.7. The second-order valence-corrected chi connectivity index (χ2v) is 5.43. The molecule has 2 heterocycles. The van der Waals surface area contributed by atoms with Gasteiger partial charge in [0, 0.05) is 36.4 Å². The van der Waals surface area contributed by atoms with E-state index in [1.165, 1.54) is 12.3 Å². The Bertz CT molecular complexity index is 681. The van der Waals surface area contributed by atoms with E-state index >= 15 is 0 Å². The Hall–Kier alpha value is -2.15. The molecule has 23 heavy (non-hydrogen) atoms. The molecule has 1 saturated heterocycles. The number of hydrogen-bond acceptors (Lipinski definition) is 3. The summed E-state index contributed by atoms with van der Waals surface area (Å²) in [5.74, 6) is -4.65. The molecule has 2 aromatic rings. The van der Waals surface area contributed by atoms with Crippen molar-refractivity contribution in [3.63, 3.8) is 0 Å². The van der Waals surface area contributed by atoms with Crippen LogP contribution < -0.4 is 10.1 Å². The molecule has 0 aliphatic carbocycles. The highest BCUT2D eigenvalue weighted by Gasteiger charge is 2.30. The molecule has 3 nitrogen and oxygen atoms in total. The average molecular weight is 326 g/mol. The second-order valence-electron chi connectivity index (χ2n) is 5.43. The summed E-state index contributed by atoms with van der Waals surface area (Å²) >= 11 is 0. The van der Waals surface area contributed by atoms with E-state index in [1.54, 1.807) is 0 Å². The zero-order valence-electron chi connectivity index (χ0n) is 12.0. The van der Waals surface area contributed by atoms with Crippen molar-refractivity contribution in [3.05, 3.63) is 59.4 Å². The van der Waals surface area contributed by atoms with Gasteiger partial charge < -0.3 is 10.1 Å². The molecule has 0 spiro atoms. The fourth-order valence-corrected chi connectivity index (χ4v) is 2.72. The van der Waals surface area contributed by atoms with E-state index in [4.69, 9.17) is 4.74 Å². The number of nitrogens with one attached hydrogen (secondary N) is 1. The van der Waals surface area contributed by atoms with Crippen LogP contribution in [-0.2, 0) is 0 Å². The monoisotopic (exact) mass is 326 g/mol. The Morgan fingerprint density at radius 1 is 1.04 bits per heavy atom. The Kier molecular flexibility index (Phi) is 4.47. The summed E-state index contributed by atoms with van der Waals surface area (Å²) in [6.07, 6.45) is 2.34. The van der Waals surface area contributed by atoms with Gasteiger partial charge in [0.05, 0.1) is 6.20 Å². The highest BCUT2D eigenvalue weighted by Crippen LogP contribution is 2.34. The largest absolute Gasteiger partial charge is 0.479 e. The van der Waals surface area contributed by atoms with Crippen molar-refractivity contribution in [3.8, 4) is 5.75 Å². The van der Waals surface area contributed by atoms with Crippen LogP contribution >= 0.6 is 0 Å². The molecule has 0 amide bonds. The first-order valence-electron chi connectivity index (χ1n) is 7.17. The maximum atomic E-state index is 13.8. The molecule has 1 aliphatic heterocycles. The Balaban J connectivity index is 1.96. The highest BCUT2D eigenvalue weighted by atomic mass is 19.1. The Morgan fingerprint density at radius 2 is 1.78 bits per heavy atom. The van der Waals surface area contributed by atoms with E-state index in [9.17, 15) is 17.6 Å². The van der Waals surface area contributed by atoms with Gasteiger partial charge in [0.15, 0.2) is 17.4 Å². The first-order valence-corrected chi connectivity index (χ1v) is 7.17. The van der Waals surface area contributed by atoms with Gasteiger partial charge in [-0.25, -0.2) is 17.6 Å². The summed E-state index contributed by atoms with van der Waals surface area (Å²) < 4.78 is 59.6. The van der Waals surface area contributed by atoms with Crippen molar-refractivity contribution in [1.29, 1.82) is 0 Å². The number of halogens is 4. The van der Waals surface area contributed by atoms with Gasteiger partial charge in [0.2, 0.25) is 0 Å². The number of aromatic nitrogens is 1. The molecule has 3 rings (SSSR count). The Morgan fingerprint density at radius 3 is 2.39 bits per heavy atom. The van der Waals surface area contributed by atoms with Crippen molar-refractivity contribution in [2.45, 2.75) is 12.5 Å². The van der Waals surface area contributed by atoms with Crippen LogP contribution in [0, 0.1) is 29.2 Å². The number of pyridine rings is 1. The molecular formula is C16H14F4N2O. The van der Waals surface area contributed by atoms with E-state index < -0.39 is 35.1 Å². The zero-order chi connectivity index (χ0) is 16.4. The summed E-state index contributed by atoms with van der Waals surface area (Å²) in [5, 5.41) is 3.12. The van der Waals surface area contributed by atoms with Gasteiger partial charge >= 0.3 is 0 Å². The van der Waals surface area contributed by atoms with Crippen molar-refractivity contribution in [2.24, 2.45) is 5.92 Å². The molecular weight excluding hydrogens is 312 g/mol. The van der Waals surface area contributed by atoms with E-state index in [0.29, 0.717) is 30.7 Å². The number of rotatable bonds is 4. The lowest BCUT2D eigenvalue weighted by atomic mass is 9.95. The molecule has 1 unspecified atom stereocenters. The average Bonchev–Trinajstić information content (AvgIpc) is 3.00. The molecule has 7 heteroatoms. The molecule has 0 saturated carbocycles. The molecule has 2 atom stereocenters. The van der Waals surface area contributed by atoms with Gasteiger partial charge in [-0.05, 0) is 19.0 Å². The maximum Gasteiger partial charge on any atom is 0.191 e. The normalized spacial score (nSPS) is 18.9. The van der Waals surface area contributed by atoms with E-state index in [2.05, 4.69) is 10.3 Å². The second kappa shape index (κ2) is 6.54. The van der Waals surface area contributed by atoms with Crippen molar-refractivity contribution >= 4 is 0 Å². The van der Waals surface area contributed by atoms with Crippen LogP contribution in [0.5, 0.6) is 5.75 Å². The van der Waals surface area contributed by atoms with Crippen LogP contribution in [0.15, 0.2) is 30.6 Å². The van der Waals surface area contributed by atoms with Crippen molar-refractivity contribution in [2.75, 3.05) is 13.1 Å². The standard InChI is InChI=1S/C16H14F4N2O/c17-11-4-13(19)16(14(20)5-11)23-15(9-1-2-21-6-9)10-3-12(18)8-22-7-10/h3-5,7-9,15,21H,1-2,6H2/t9?,15-/m0/s1. The molecule has 1 aromatic carbocycles. The lowest BCUT2D eigenvalue weighted by molar-refractivity contribution is 0.130. The van der Waals surface area contributed by atoms with Gasteiger partial charge in [-0.15, -0.1) is 0 Å². The minimum Gasteiger partial charge on any atom is -0.479 e. The Labute approximate surface area is 130 Å². The van der Waals surface area contributed by atoms with Gasteiger partial charge in [0.1, 0.15) is 17.7 Å². The third-order valence-electron chi connectivity index (χ3n) is 3.79. The van der Waals surface area contributed by atoms with Crippen molar-refractivity contribution in [1.82, 2.24) is 10.3 Å². The topological polar surface area (TPSA) is 34.1 Å². The minimum atomic E-state index is -1.14. The predicted octanol–water partition coefficient (Wildman–Crippen LogP) is 3.37. The molecule has 0 bridgehead atoms. The molecule has 1 fully saturated rings. The lowest BCUT2D eigenvalue weighted by Crippen LogP contribution is -2.22. The van der Waals surface area contributed by atoms with Crippen LogP contribution in [0.2, 0.25) is 0 Å². The van der Waals surface area contributed by atoms with Crippen LogP contribution in [-0.4, -0.2) is 18.1 Å². The molecule has 122 valence electrons. The number of benzene rings is 1. The van der Waals surface area contributed by atoms with E-state index in [-0.39, 0.29) is 5.92 Å². The van der Waals surface area contributed by atoms with Gasteiger partial charge in [-0.2, -0.15) is 0 Å². The predicted molar refractivity (Wildman–Crippen MR) is 74.9 cm³/mol. The number of hydrogen-bond donors (Lipinski definition) is 1. The van der Waals surface area contributed by atoms with Crippen LogP contribution in [0.4, 0.5) is 17.6 Å². The zero-order valence-corrected chi connectivity index (χ0v) is 12.0. The first-order chi connectivity index (χ1) is 11.0. The summed E-state index contributed by atoms with van der Waals surface area (Å²) in [6.45, 7) is 1.28. The highest BCUT2D eigenvalue weighted by molar-refractivity contribution is 5.29. The summed E-state index contributed by atoms with van der Waals surface area (Å²) in [6, 6.07) is 2.31. The summed E-state index contributed by atoms with van der Waals surface area (Å²) in [7, 11) is 0. The number of nitrogens with zero attached hydrogens (tertiary/aromatic N) is 1. The summed E-state index contributed by atoms with van der Waals surface area (Å²) in [4.78, 5) is 3.75. The SMILES string of the molecule is Fc1cncc([C@@H](Oc2c(F)cc(F)cc2F)C2CCNC2)c1. The third kappa shape index (κ3) is 3.44. The summed E-state index contributed by atoms with van der Waals surface area (Å²) in [5.41, 5.74) is 0.377. The molecule has 0 radical (unpaired) electrons. The fourth-order valence-electron chi connectivity index (χ4n) is 2.72. The number of ether oxygens (including phenoxy) is 1. The molecule has 1 aliphatic rings. The maximum absolute atomic E-state index is 13.8. The van der Waals surface area contributed by atoms with Crippen LogP contribution in [0.1, 0.15) is 18.1 Å². The lowest BCUT2D eigenvalue weighted by Gasteiger charge is -2.25. The molecule has 1 N–H and O–H groups in total. The van der Waals surface area contributed by atoms with Crippen LogP contribution in [0.3, 0.4) is 0 Å². The quantitative estimate of drug-likeness (QED) is 0.875. The smallest absolute Gasteiger partial charge is 0.191 e. The third-order valence-corrected chi connectivity index (χ3v) is 3.79. The van der Waals surface area contributed by atoms with Gasteiger partial charge in [-0.1, -0.05) is 0 Å². The van der Waals surface area contributed by atoms with Crippen molar-refractivity contribution < 1.29 is 22.3 Å².